The van der Waals surface area contributed by atoms with Crippen LogP contribution in [0.3, 0.4) is 0 Å². The maximum Gasteiger partial charge on any atom is 0.399 e. The molecular formula is C13H10N2O3. The van der Waals surface area contributed by atoms with Crippen LogP contribution in [0.15, 0.2) is 47.2 Å². The van der Waals surface area contributed by atoms with Gasteiger partial charge in [0.1, 0.15) is 12.0 Å². The molecule has 90 valence electrons. The zero-order chi connectivity index (χ0) is 12.4. The monoisotopic (exact) mass is 242 g/mol. The Morgan fingerprint density at radius 2 is 2.17 bits per heavy atom. The van der Waals surface area contributed by atoms with E-state index in [-0.39, 0.29) is 12.7 Å². The number of pyridine rings is 1. The number of aliphatic hydroxyl groups excluding tert-OH is 1. The van der Waals surface area contributed by atoms with Crippen molar-refractivity contribution < 1.29 is 14.3 Å². The Morgan fingerprint density at radius 3 is 3.00 bits per heavy atom. The minimum Gasteiger partial charge on any atom is -0.417 e. The number of aromatic nitrogens is 2. The van der Waals surface area contributed by atoms with E-state index in [2.05, 4.69) is 9.97 Å². The van der Waals surface area contributed by atoms with Gasteiger partial charge in [0.25, 0.3) is 0 Å². The summed E-state index contributed by atoms with van der Waals surface area (Å²) in [5, 5.41) is 9.84. The van der Waals surface area contributed by atoms with Crippen LogP contribution in [-0.4, -0.2) is 15.1 Å². The summed E-state index contributed by atoms with van der Waals surface area (Å²) < 4.78 is 10.5. The molecule has 0 saturated heterocycles. The van der Waals surface area contributed by atoms with E-state index in [1.807, 2.05) is 30.3 Å². The van der Waals surface area contributed by atoms with E-state index in [0.717, 1.165) is 10.9 Å². The van der Waals surface area contributed by atoms with Crippen LogP contribution in [0, 0.1) is 0 Å². The molecule has 0 atom stereocenters. The molecule has 1 aromatic carbocycles. The first kappa shape index (κ1) is 10.7. The van der Waals surface area contributed by atoms with E-state index in [1.54, 1.807) is 6.20 Å². The molecule has 0 aliphatic carbocycles. The molecule has 5 nitrogen and oxygen atoms in total. The number of benzene rings is 1. The zero-order valence-corrected chi connectivity index (χ0v) is 9.41. The van der Waals surface area contributed by atoms with Crippen LogP contribution in [0.1, 0.15) is 5.69 Å². The van der Waals surface area contributed by atoms with Crippen LogP contribution in [-0.2, 0) is 6.61 Å². The fourth-order valence-corrected chi connectivity index (χ4v) is 1.62. The molecule has 3 rings (SSSR count). The minimum atomic E-state index is -0.178. The fraction of sp³-hybridized carbons (Fsp3) is 0.0769. The van der Waals surface area contributed by atoms with E-state index >= 15 is 0 Å². The van der Waals surface area contributed by atoms with Crippen LogP contribution in [0.5, 0.6) is 11.8 Å². The Labute approximate surface area is 103 Å². The first-order valence-corrected chi connectivity index (χ1v) is 5.43. The van der Waals surface area contributed by atoms with Gasteiger partial charge in [0.15, 0.2) is 5.75 Å². The summed E-state index contributed by atoms with van der Waals surface area (Å²) in [6.07, 6.45) is 3.05. The predicted octanol–water partition coefficient (Wildman–Crippen LogP) is 2.51. The van der Waals surface area contributed by atoms with Crippen molar-refractivity contribution in [3.8, 4) is 11.8 Å². The van der Waals surface area contributed by atoms with Gasteiger partial charge in [-0.2, -0.15) is 4.98 Å². The molecule has 2 heterocycles. The highest BCUT2D eigenvalue weighted by atomic mass is 16.6. The summed E-state index contributed by atoms with van der Waals surface area (Å²) >= 11 is 0. The summed E-state index contributed by atoms with van der Waals surface area (Å²) in [6.45, 7) is -0.178. The van der Waals surface area contributed by atoms with Gasteiger partial charge in [0.2, 0.25) is 0 Å². The quantitative estimate of drug-likeness (QED) is 0.764. The number of hydrogen-bond donors (Lipinski definition) is 1. The maximum atomic E-state index is 8.87. The van der Waals surface area contributed by atoms with Crippen LogP contribution in [0.2, 0.25) is 0 Å². The molecule has 5 heteroatoms. The molecule has 0 aliphatic rings. The van der Waals surface area contributed by atoms with Crippen molar-refractivity contribution in [2.24, 2.45) is 0 Å². The molecule has 0 amide bonds. The molecule has 0 spiro atoms. The molecule has 0 aliphatic heterocycles. The summed E-state index contributed by atoms with van der Waals surface area (Å²) in [5.74, 6) is 0.542. The third kappa shape index (κ3) is 2.03. The highest BCUT2D eigenvalue weighted by Gasteiger charge is 2.06. The van der Waals surface area contributed by atoms with Gasteiger partial charge in [0.05, 0.1) is 18.3 Å². The average molecular weight is 242 g/mol. The molecule has 0 unspecified atom stereocenters. The molecular weight excluding hydrogens is 232 g/mol. The van der Waals surface area contributed by atoms with Crippen LogP contribution in [0.25, 0.3) is 10.9 Å². The highest BCUT2D eigenvalue weighted by Crippen LogP contribution is 2.23. The van der Waals surface area contributed by atoms with Crippen LogP contribution in [0.4, 0.5) is 0 Å². The number of ether oxygens (including phenoxy) is 1. The van der Waals surface area contributed by atoms with E-state index < -0.39 is 0 Å². The van der Waals surface area contributed by atoms with Crippen LogP contribution < -0.4 is 4.74 Å². The number of rotatable bonds is 3. The van der Waals surface area contributed by atoms with Gasteiger partial charge < -0.3 is 14.3 Å². The largest absolute Gasteiger partial charge is 0.417 e. The number of aliphatic hydroxyl groups is 1. The Kier molecular flexibility index (Phi) is 2.66. The number of oxazole rings is 1. The number of hydrogen-bond acceptors (Lipinski definition) is 5. The second-order valence-corrected chi connectivity index (χ2v) is 3.73. The van der Waals surface area contributed by atoms with Crippen molar-refractivity contribution in [2.45, 2.75) is 6.61 Å². The fourth-order valence-electron chi connectivity index (χ4n) is 1.62. The van der Waals surface area contributed by atoms with Crippen molar-refractivity contribution in [2.75, 3.05) is 0 Å². The van der Waals surface area contributed by atoms with Crippen molar-refractivity contribution >= 4 is 10.9 Å². The first-order valence-electron chi connectivity index (χ1n) is 5.43. The Bertz CT molecular complexity index is 679. The van der Waals surface area contributed by atoms with Gasteiger partial charge in [-0.3, -0.25) is 4.98 Å². The smallest absolute Gasteiger partial charge is 0.399 e. The van der Waals surface area contributed by atoms with E-state index in [4.69, 9.17) is 14.3 Å². The molecule has 3 aromatic rings. The number of fused-ring (bicyclic) bond motifs is 1. The molecule has 0 saturated carbocycles. The van der Waals surface area contributed by atoms with Gasteiger partial charge in [-0.1, -0.05) is 18.2 Å². The SMILES string of the molecule is OCc1coc(Oc2cnc3ccccc3c2)n1. The summed E-state index contributed by atoms with van der Waals surface area (Å²) in [4.78, 5) is 8.20. The second kappa shape index (κ2) is 4.46. The molecule has 0 bridgehead atoms. The molecule has 0 radical (unpaired) electrons. The van der Waals surface area contributed by atoms with Crippen LogP contribution >= 0.6 is 0 Å². The highest BCUT2D eigenvalue weighted by molar-refractivity contribution is 5.79. The summed E-state index contributed by atoms with van der Waals surface area (Å²) in [5.41, 5.74) is 1.33. The number of para-hydroxylation sites is 1. The lowest BCUT2D eigenvalue weighted by Crippen LogP contribution is -1.87. The average Bonchev–Trinajstić information content (AvgIpc) is 2.86. The lowest BCUT2D eigenvalue weighted by Gasteiger charge is -2.01. The third-order valence-electron chi connectivity index (χ3n) is 2.46. The van der Waals surface area contributed by atoms with Crippen molar-refractivity contribution in [1.29, 1.82) is 0 Å². The second-order valence-electron chi connectivity index (χ2n) is 3.73. The lowest BCUT2D eigenvalue weighted by atomic mass is 10.2. The van der Waals surface area contributed by atoms with Gasteiger partial charge >= 0.3 is 6.08 Å². The standard InChI is InChI=1S/C13H10N2O3/c16-7-10-8-17-13(15-10)18-11-5-9-3-1-2-4-12(9)14-6-11/h1-6,8,16H,7H2. The van der Waals surface area contributed by atoms with E-state index in [0.29, 0.717) is 11.4 Å². The number of nitrogens with zero attached hydrogens (tertiary/aromatic N) is 2. The molecule has 2 aromatic heterocycles. The van der Waals surface area contributed by atoms with E-state index in [9.17, 15) is 0 Å². The topological polar surface area (TPSA) is 68.4 Å². The molecule has 18 heavy (non-hydrogen) atoms. The Hall–Kier alpha value is -2.40. The van der Waals surface area contributed by atoms with Crippen molar-refractivity contribution in [3.63, 3.8) is 0 Å². The maximum absolute atomic E-state index is 8.87. The van der Waals surface area contributed by atoms with Crippen molar-refractivity contribution in [3.05, 3.63) is 48.5 Å². The van der Waals surface area contributed by atoms with Gasteiger partial charge in [-0.15, -0.1) is 0 Å². The normalized spacial score (nSPS) is 10.7. The molecule has 1 N–H and O–H groups in total. The van der Waals surface area contributed by atoms with Gasteiger partial charge in [0, 0.05) is 5.39 Å². The van der Waals surface area contributed by atoms with Crippen molar-refractivity contribution in [1.82, 2.24) is 9.97 Å². The summed E-state index contributed by atoms with van der Waals surface area (Å²) in [6, 6.07) is 9.59. The summed E-state index contributed by atoms with van der Waals surface area (Å²) in [7, 11) is 0. The molecule has 0 fully saturated rings. The first-order chi connectivity index (χ1) is 8.85. The third-order valence-corrected chi connectivity index (χ3v) is 2.46. The van der Waals surface area contributed by atoms with Gasteiger partial charge in [-0.05, 0) is 12.1 Å². The Balaban J connectivity index is 1.90. The predicted molar refractivity (Wildman–Crippen MR) is 64.2 cm³/mol. The van der Waals surface area contributed by atoms with Gasteiger partial charge in [-0.25, -0.2) is 0 Å². The van der Waals surface area contributed by atoms with E-state index in [1.165, 1.54) is 6.26 Å². The Morgan fingerprint density at radius 1 is 1.28 bits per heavy atom. The zero-order valence-electron chi connectivity index (χ0n) is 9.41. The minimum absolute atomic E-state index is 0.0936. The lowest BCUT2D eigenvalue weighted by molar-refractivity contribution is 0.276.